The Labute approximate surface area is 227 Å². The third-order valence-electron chi connectivity index (χ3n) is 7.72. The van der Waals surface area contributed by atoms with Gasteiger partial charge in [-0.25, -0.2) is 4.98 Å². The Morgan fingerprint density at radius 2 is 1.50 bits per heavy atom. The van der Waals surface area contributed by atoms with Crippen LogP contribution in [0, 0.1) is 5.92 Å². The number of hydrogen-bond acceptors (Lipinski definition) is 3. The molecule has 4 aromatic rings. The lowest BCUT2D eigenvalue weighted by atomic mass is 9.81. The van der Waals surface area contributed by atoms with Crippen molar-refractivity contribution >= 4 is 0 Å². The molecule has 4 nitrogen and oxygen atoms in total. The van der Waals surface area contributed by atoms with Crippen LogP contribution in [-0.2, 0) is 13.0 Å². The molecule has 2 atom stereocenters. The monoisotopic (exact) mass is 508 g/mol. The van der Waals surface area contributed by atoms with Crippen LogP contribution in [-0.4, -0.2) is 16.3 Å². The molecule has 1 aromatic heterocycles. The van der Waals surface area contributed by atoms with Crippen LogP contribution in [0.25, 0.3) is 22.6 Å². The van der Waals surface area contributed by atoms with E-state index in [1.165, 1.54) is 35.2 Å². The fourth-order valence-corrected chi connectivity index (χ4v) is 5.70. The van der Waals surface area contributed by atoms with Gasteiger partial charge in [-0.15, -0.1) is 0 Å². The molecule has 0 aliphatic carbocycles. The number of hydrogen-bond donors (Lipinski definition) is 0. The average Bonchev–Trinajstić information content (AvgIpc) is 3.58. The summed E-state index contributed by atoms with van der Waals surface area (Å²) in [6, 6.07) is 27.9. The zero-order chi connectivity index (χ0) is 26.3. The van der Waals surface area contributed by atoms with Crippen LogP contribution in [0.2, 0.25) is 0 Å². The summed E-state index contributed by atoms with van der Waals surface area (Å²) in [7, 11) is 0. The summed E-state index contributed by atoms with van der Waals surface area (Å²) in [4.78, 5) is 5.40. The number of ether oxygens (including phenoxy) is 2. The van der Waals surface area contributed by atoms with Gasteiger partial charge in [0.1, 0.15) is 5.82 Å². The van der Waals surface area contributed by atoms with Gasteiger partial charge in [0.25, 0.3) is 0 Å². The molecule has 0 saturated carbocycles. The van der Waals surface area contributed by atoms with Gasteiger partial charge in [0.05, 0.1) is 5.69 Å². The van der Waals surface area contributed by atoms with Crippen molar-refractivity contribution in [2.75, 3.05) is 6.79 Å². The quantitative estimate of drug-likeness (QED) is 0.192. The van der Waals surface area contributed by atoms with Crippen molar-refractivity contribution in [2.24, 2.45) is 5.92 Å². The average molecular weight is 509 g/mol. The first-order chi connectivity index (χ1) is 18.7. The van der Waals surface area contributed by atoms with Crippen LogP contribution in [0.15, 0.2) is 78.9 Å². The molecule has 0 bridgehead atoms. The largest absolute Gasteiger partial charge is 0.454 e. The highest BCUT2D eigenvalue weighted by atomic mass is 16.7. The van der Waals surface area contributed by atoms with Gasteiger partial charge in [-0.3, -0.25) is 0 Å². The first-order valence-electron chi connectivity index (χ1n) is 14.3. The minimum atomic E-state index is 0.312. The van der Waals surface area contributed by atoms with Gasteiger partial charge < -0.3 is 14.0 Å². The molecule has 3 aromatic carbocycles. The van der Waals surface area contributed by atoms with Gasteiger partial charge in [0.15, 0.2) is 11.5 Å². The molecule has 5 rings (SSSR count). The summed E-state index contributed by atoms with van der Waals surface area (Å²) >= 11 is 0. The van der Waals surface area contributed by atoms with E-state index in [1.54, 1.807) is 0 Å². The van der Waals surface area contributed by atoms with E-state index in [0.29, 0.717) is 18.6 Å². The molecular weight excluding hydrogens is 468 g/mol. The molecular formula is C34H40N2O2. The topological polar surface area (TPSA) is 36.3 Å². The van der Waals surface area contributed by atoms with E-state index in [2.05, 4.69) is 104 Å². The highest BCUT2D eigenvalue weighted by Gasteiger charge is 2.30. The second kappa shape index (κ2) is 12.3. The molecule has 0 fully saturated rings. The van der Waals surface area contributed by atoms with Crippen molar-refractivity contribution in [1.82, 2.24) is 9.55 Å². The van der Waals surface area contributed by atoms with Crippen molar-refractivity contribution in [3.8, 4) is 34.1 Å². The number of fused-ring (bicyclic) bond motifs is 1. The van der Waals surface area contributed by atoms with Gasteiger partial charge >= 0.3 is 0 Å². The molecule has 198 valence electrons. The molecule has 1 aliphatic heterocycles. The summed E-state index contributed by atoms with van der Waals surface area (Å²) in [5.74, 6) is 3.62. The Morgan fingerprint density at radius 3 is 2.21 bits per heavy atom. The number of rotatable bonds is 12. The Balaban J connectivity index is 1.62. The van der Waals surface area contributed by atoms with Crippen LogP contribution < -0.4 is 9.47 Å². The van der Waals surface area contributed by atoms with E-state index in [4.69, 9.17) is 14.5 Å². The van der Waals surface area contributed by atoms with Crippen LogP contribution in [0.5, 0.6) is 11.5 Å². The second-order valence-electron chi connectivity index (χ2n) is 10.5. The Kier molecular flexibility index (Phi) is 8.47. The molecule has 0 radical (unpaired) electrons. The maximum Gasteiger partial charge on any atom is 0.231 e. The molecule has 2 heterocycles. The predicted octanol–water partition coefficient (Wildman–Crippen LogP) is 8.90. The van der Waals surface area contributed by atoms with Gasteiger partial charge in [-0.1, -0.05) is 107 Å². The van der Waals surface area contributed by atoms with Gasteiger partial charge in [0.2, 0.25) is 6.79 Å². The minimum Gasteiger partial charge on any atom is -0.454 e. The van der Waals surface area contributed by atoms with Crippen LogP contribution in [0.4, 0.5) is 0 Å². The highest BCUT2D eigenvalue weighted by molar-refractivity contribution is 5.69. The number of nitrogens with zero attached hydrogens (tertiary/aromatic N) is 2. The van der Waals surface area contributed by atoms with Crippen LogP contribution in [0.1, 0.15) is 70.1 Å². The van der Waals surface area contributed by atoms with Crippen LogP contribution in [0.3, 0.4) is 0 Å². The van der Waals surface area contributed by atoms with E-state index in [1.807, 2.05) is 0 Å². The van der Waals surface area contributed by atoms with Gasteiger partial charge in [0, 0.05) is 29.3 Å². The van der Waals surface area contributed by atoms with Gasteiger partial charge in [-0.2, -0.15) is 0 Å². The predicted molar refractivity (Wildman–Crippen MR) is 156 cm³/mol. The summed E-state index contributed by atoms with van der Waals surface area (Å²) in [5, 5.41) is 0. The zero-order valence-corrected chi connectivity index (χ0v) is 23.0. The fourth-order valence-electron chi connectivity index (χ4n) is 5.70. The normalized spacial score (nSPS) is 14.0. The van der Waals surface area contributed by atoms with E-state index in [9.17, 15) is 0 Å². The molecule has 4 heteroatoms. The van der Waals surface area contributed by atoms with E-state index < -0.39 is 0 Å². The molecule has 0 saturated heterocycles. The Morgan fingerprint density at radius 1 is 0.816 bits per heavy atom. The number of aromatic nitrogens is 2. The van der Waals surface area contributed by atoms with Crippen molar-refractivity contribution in [1.29, 1.82) is 0 Å². The maximum atomic E-state index is 5.69. The minimum absolute atomic E-state index is 0.312. The van der Waals surface area contributed by atoms with Crippen molar-refractivity contribution in [2.45, 2.75) is 71.8 Å². The van der Waals surface area contributed by atoms with E-state index in [0.717, 1.165) is 55.2 Å². The van der Waals surface area contributed by atoms with E-state index >= 15 is 0 Å². The first kappa shape index (κ1) is 26.1. The summed E-state index contributed by atoms with van der Waals surface area (Å²) in [6.07, 6.45) is 6.80. The van der Waals surface area contributed by atoms with Crippen molar-refractivity contribution in [3.63, 3.8) is 0 Å². The summed E-state index contributed by atoms with van der Waals surface area (Å²) in [6.45, 7) is 8.27. The zero-order valence-electron chi connectivity index (χ0n) is 23.0. The van der Waals surface area contributed by atoms with Crippen molar-refractivity contribution < 1.29 is 9.47 Å². The number of unbranched alkanes of at least 4 members (excludes halogenated alkanes) is 2. The molecule has 0 amide bonds. The molecule has 38 heavy (non-hydrogen) atoms. The Hall–Kier alpha value is -3.53. The van der Waals surface area contributed by atoms with Crippen molar-refractivity contribution in [3.05, 3.63) is 90.1 Å². The number of benzene rings is 3. The highest BCUT2D eigenvalue weighted by Crippen LogP contribution is 2.41. The number of imidazole rings is 1. The smallest absolute Gasteiger partial charge is 0.231 e. The lowest BCUT2D eigenvalue weighted by Crippen LogP contribution is -2.18. The lowest BCUT2D eigenvalue weighted by molar-refractivity contribution is 0.174. The van der Waals surface area contributed by atoms with Crippen LogP contribution >= 0.6 is 0 Å². The maximum absolute atomic E-state index is 5.69. The standard InChI is InChI=1S/C34H40N2O2/c1-4-6-18-29(25(3)22-26-19-20-30-31(23-26)38-24-37-30)33-32(27-14-10-8-11-15-27)35-34(36(33)21-7-5-2)28-16-12-9-13-17-28/h8-17,19-20,23,25,29H,4-7,18,21-22,24H2,1-3H3/t25?,29-/m1/s1. The molecule has 1 aliphatic rings. The first-order valence-corrected chi connectivity index (χ1v) is 14.3. The summed E-state index contributed by atoms with van der Waals surface area (Å²) in [5.41, 5.74) is 6.22. The molecule has 0 spiro atoms. The summed E-state index contributed by atoms with van der Waals surface area (Å²) < 4.78 is 13.8. The molecule has 1 unspecified atom stereocenters. The third-order valence-corrected chi connectivity index (χ3v) is 7.72. The van der Waals surface area contributed by atoms with E-state index in [-0.39, 0.29) is 0 Å². The fraction of sp³-hybridized carbons (Fsp3) is 0.382. The molecule has 0 N–H and O–H groups in total. The second-order valence-corrected chi connectivity index (χ2v) is 10.5. The third kappa shape index (κ3) is 5.65. The van der Waals surface area contributed by atoms with Gasteiger partial charge in [-0.05, 0) is 42.9 Å². The lowest BCUT2D eigenvalue weighted by Gasteiger charge is -2.27. The Bertz CT molecular complexity index is 1310. The SMILES string of the molecule is CCCC[C@@H](c1c(-c2ccccc2)nc(-c2ccccc2)n1CCCC)C(C)Cc1ccc2c(c1)OCO2.